The fourth-order valence-electron chi connectivity index (χ4n) is 2.91. The third-order valence-electron chi connectivity index (χ3n) is 4.29. The molecule has 0 aromatic carbocycles. The zero-order valence-corrected chi connectivity index (χ0v) is 11.8. The van der Waals surface area contributed by atoms with Gasteiger partial charge in [-0.3, -0.25) is 0 Å². The van der Waals surface area contributed by atoms with Gasteiger partial charge in [0.25, 0.3) is 0 Å². The highest BCUT2D eigenvalue weighted by Crippen LogP contribution is 2.21. The van der Waals surface area contributed by atoms with Crippen LogP contribution in [0.2, 0.25) is 0 Å². The van der Waals surface area contributed by atoms with E-state index in [1.165, 1.54) is 0 Å². The summed E-state index contributed by atoms with van der Waals surface area (Å²) in [5, 5.41) is 7.49. The van der Waals surface area contributed by atoms with E-state index < -0.39 is 0 Å². The largest absolute Gasteiger partial charge is 0.339 e. The van der Waals surface area contributed by atoms with E-state index in [1.807, 2.05) is 0 Å². The molecule has 106 valence electrons. The third-order valence-corrected chi connectivity index (χ3v) is 4.29. The van der Waals surface area contributed by atoms with E-state index in [9.17, 15) is 0 Å². The fourth-order valence-corrected chi connectivity index (χ4v) is 2.91. The Kier molecular flexibility index (Phi) is 3.81. The Balaban J connectivity index is 1.62. The van der Waals surface area contributed by atoms with Gasteiger partial charge >= 0.3 is 0 Å². The van der Waals surface area contributed by atoms with Crippen LogP contribution in [0.15, 0.2) is 4.52 Å². The minimum absolute atomic E-state index is 0.410. The van der Waals surface area contributed by atoms with Gasteiger partial charge in [0, 0.05) is 38.6 Å². The molecule has 3 rings (SSSR count). The van der Waals surface area contributed by atoms with Crippen molar-refractivity contribution in [2.75, 3.05) is 46.8 Å². The number of piperazine rings is 1. The van der Waals surface area contributed by atoms with Gasteiger partial charge in [0.15, 0.2) is 5.82 Å². The summed E-state index contributed by atoms with van der Waals surface area (Å²) in [5.41, 5.74) is 0. The average Bonchev–Trinajstić information content (AvgIpc) is 3.04. The number of aromatic nitrogens is 2. The van der Waals surface area contributed by atoms with Crippen LogP contribution in [-0.4, -0.2) is 72.8 Å². The van der Waals surface area contributed by atoms with Gasteiger partial charge in [-0.1, -0.05) is 5.16 Å². The quantitative estimate of drug-likeness (QED) is 0.826. The van der Waals surface area contributed by atoms with Crippen molar-refractivity contribution in [3.05, 3.63) is 11.7 Å². The van der Waals surface area contributed by atoms with E-state index in [4.69, 9.17) is 4.52 Å². The second kappa shape index (κ2) is 5.56. The standard InChI is InChI=1S/C13H23N5O/c1-17-5-6-18(2)11(9-17)7-12-15-13(19-16-12)10-3-4-14-8-10/h10-11,14H,3-9H2,1-2H3. The molecule has 6 heteroatoms. The lowest BCUT2D eigenvalue weighted by Crippen LogP contribution is -2.50. The predicted molar refractivity (Wildman–Crippen MR) is 72.1 cm³/mol. The number of rotatable bonds is 3. The van der Waals surface area contributed by atoms with Crippen LogP contribution in [0.25, 0.3) is 0 Å². The number of hydrogen-bond donors (Lipinski definition) is 1. The molecule has 2 unspecified atom stereocenters. The summed E-state index contributed by atoms with van der Waals surface area (Å²) in [4.78, 5) is 9.35. The van der Waals surface area contributed by atoms with Crippen LogP contribution in [0.5, 0.6) is 0 Å². The van der Waals surface area contributed by atoms with Crippen molar-refractivity contribution < 1.29 is 4.52 Å². The van der Waals surface area contributed by atoms with Crippen molar-refractivity contribution in [1.82, 2.24) is 25.3 Å². The summed E-state index contributed by atoms with van der Waals surface area (Å²) >= 11 is 0. The molecule has 2 atom stereocenters. The maximum Gasteiger partial charge on any atom is 0.231 e. The summed E-state index contributed by atoms with van der Waals surface area (Å²) < 4.78 is 5.42. The first-order valence-corrected chi connectivity index (χ1v) is 7.14. The molecule has 0 bridgehead atoms. The average molecular weight is 265 g/mol. The molecule has 2 saturated heterocycles. The maximum absolute atomic E-state index is 5.42. The Hall–Kier alpha value is -0.980. The zero-order valence-electron chi connectivity index (χ0n) is 11.8. The Bertz CT molecular complexity index is 415. The van der Waals surface area contributed by atoms with E-state index >= 15 is 0 Å². The normalized spacial score (nSPS) is 30.0. The number of hydrogen-bond acceptors (Lipinski definition) is 6. The van der Waals surface area contributed by atoms with E-state index in [0.717, 1.165) is 57.3 Å². The lowest BCUT2D eigenvalue weighted by molar-refractivity contribution is 0.113. The van der Waals surface area contributed by atoms with Gasteiger partial charge in [-0.15, -0.1) is 0 Å². The summed E-state index contributed by atoms with van der Waals surface area (Å²) in [6, 6.07) is 0.492. The van der Waals surface area contributed by atoms with Gasteiger partial charge in [-0.2, -0.15) is 4.98 Å². The van der Waals surface area contributed by atoms with Gasteiger partial charge in [-0.05, 0) is 27.1 Å². The molecule has 2 fully saturated rings. The smallest absolute Gasteiger partial charge is 0.231 e. The molecule has 1 N–H and O–H groups in total. The first-order valence-electron chi connectivity index (χ1n) is 7.14. The summed E-state index contributed by atoms with van der Waals surface area (Å²) in [5.74, 6) is 2.08. The van der Waals surface area contributed by atoms with E-state index in [-0.39, 0.29) is 0 Å². The molecule has 0 saturated carbocycles. The topological polar surface area (TPSA) is 57.4 Å². The van der Waals surface area contributed by atoms with Crippen molar-refractivity contribution >= 4 is 0 Å². The predicted octanol–water partition coefficient (Wildman–Crippen LogP) is -0.0652. The Morgan fingerprint density at radius 2 is 2.26 bits per heavy atom. The fraction of sp³-hybridized carbons (Fsp3) is 0.846. The van der Waals surface area contributed by atoms with Gasteiger partial charge in [-0.25, -0.2) is 0 Å². The molecule has 2 aliphatic heterocycles. The van der Waals surface area contributed by atoms with Crippen molar-refractivity contribution in [2.45, 2.75) is 24.8 Å². The summed E-state index contributed by atoms with van der Waals surface area (Å²) in [7, 11) is 4.35. The van der Waals surface area contributed by atoms with E-state index in [1.54, 1.807) is 0 Å². The highest BCUT2D eigenvalue weighted by Gasteiger charge is 2.26. The van der Waals surface area contributed by atoms with Crippen LogP contribution >= 0.6 is 0 Å². The molecule has 0 spiro atoms. The van der Waals surface area contributed by atoms with Crippen molar-refractivity contribution in [3.63, 3.8) is 0 Å². The van der Waals surface area contributed by atoms with Crippen LogP contribution in [0.1, 0.15) is 24.1 Å². The Morgan fingerprint density at radius 1 is 1.37 bits per heavy atom. The second-order valence-electron chi connectivity index (χ2n) is 5.84. The molecule has 0 aliphatic carbocycles. The van der Waals surface area contributed by atoms with Crippen LogP contribution in [-0.2, 0) is 6.42 Å². The van der Waals surface area contributed by atoms with Gasteiger partial charge in [0.05, 0.1) is 5.92 Å². The molecule has 0 amide bonds. The van der Waals surface area contributed by atoms with Crippen molar-refractivity contribution in [2.24, 2.45) is 0 Å². The molecule has 1 aromatic heterocycles. The zero-order chi connectivity index (χ0) is 13.2. The SMILES string of the molecule is CN1CCN(C)C(Cc2noc(C3CCNC3)n2)C1. The Morgan fingerprint density at radius 3 is 3.05 bits per heavy atom. The van der Waals surface area contributed by atoms with Crippen LogP contribution in [0.4, 0.5) is 0 Å². The minimum atomic E-state index is 0.410. The number of nitrogens with zero attached hydrogens (tertiary/aromatic N) is 4. The summed E-state index contributed by atoms with van der Waals surface area (Å²) in [6.45, 7) is 5.34. The minimum Gasteiger partial charge on any atom is -0.339 e. The van der Waals surface area contributed by atoms with Crippen LogP contribution < -0.4 is 5.32 Å². The number of nitrogens with one attached hydrogen (secondary N) is 1. The Labute approximate surface area is 114 Å². The van der Waals surface area contributed by atoms with Crippen LogP contribution in [0, 0.1) is 0 Å². The van der Waals surface area contributed by atoms with Gasteiger partial charge in [0.2, 0.25) is 5.89 Å². The molecule has 19 heavy (non-hydrogen) atoms. The third kappa shape index (κ3) is 2.96. The first-order chi connectivity index (χ1) is 9.22. The molecular formula is C13H23N5O. The van der Waals surface area contributed by atoms with Crippen LogP contribution in [0.3, 0.4) is 0 Å². The molecule has 2 aliphatic rings. The first kappa shape index (κ1) is 13.0. The molecule has 3 heterocycles. The van der Waals surface area contributed by atoms with Gasteiger partial charge < -0.3 is 19.6 Å². The highest BCUT2D eigenvalue weighted by atomic mass is 16.5. The van der Waals surface area contributed by atoms with Crippen molar-refractivity contribution in [1.29, 1.82) is 0 Å². The molecular weight excluding hydrogens is 242 g/mol. The van der Waals surface area contributed by atoms with Crippen molar-refractivity contribution in [3.8, 4) is 0 Å². The van der Waals surface area contributed by atoms with E-state index in [2.05, 4.69) is 39.4 Å². The monoisotopic (exact) mass is 265 g/mol. The molecule has 6 nitrogen and oxygen atoms in total. The number of likely N-dealkylation sites (N-methyl/N-ethyl adjacent to an activating group) is 2. The highest BCUT2D eigenvalue weighted by molar-refractivity contribution is 5.00. The second-order valence-corrected chi connectivity index (χ2v) is 5.84. The lowest BCUT2D eigenvalue weighted by Gasteiger charge is -2.37. The molecule has 0 radical (unpaired) electrons. The summed E-state index contributed by atoms with van der Waals surface area (Å²) in [6.07, 6.45) is 1.98. The van der Waals surface area contributed by atoms with Gasteiger partial charge in [0.1, 0.15) is 0 Å². The molecule has 1 aromatic rings. The maximum atomic E-state index is 5.42. The van der Waals surface area contributed by atoms with E-state index in [0.29, 0.717) is 12.0 Å². The lowest BCUT2D eigenvalue weighted by atomic mass is 10.1.